The molecule has 0 aliphatic heterocycles. The Morgan fingerprint density at radius 3 is 1.30 bits per heavy atom. The molecular weight excluding hydrogens is 815 g/mol. The Morgan fingerprint density at radius 2 is 0.712 bits per heavy atom. The lowest BCUT2D eigenvalue weighted by molar-refractivity contribution is 1.18. The summed E-state index contributed by atoms with van der Waals surface area (Å²) in [5, 5.41) is 15.2. The molecule has 14 rings (SSSR count). The van der Waals surface area contributed by atoms with E-state index in [1.165, 1.54) is 130 Å². The second kappa shape index (κ2) is 14.6. The minimum atomic E-state index is 1.16. The molecule has 0 radical (unpaired) electrons. The molecule has 0 fully saturated rings. The van der Waals surface area contributed by atoms with Gasteiger partial charge in [0.05, 0.1) is 11.0 Å². The van der Waals surface area contributed by atoms with Crippen LogP contribution in [-0.2, 0) is 0 Å². The van der Waals surface area contributed by atoms with Crippen LogP contribution < -0.4 is 0 Å². The van der Waals surface area contributed by atoms with Crippen LogP contribution in [0.25, 0.3) is 135 Å². The maximum atomic E-state index is 2.48. The molecule has 0 aliphatic carbocycles. The minimum Gasteiger partial charge on any atom is -0.309 e. The summed E-state index contributed by atoms with van der Waals surface area (Å²) in [5.74, 6) is 0. The van der Waals surface area contributed by atoms with Crippen molar-refractivity contribution in [2.75, 3.05) is 0 Å². The molecular formula is C64H39NS. The Kier molecular flexibility index (Phi) is 8.22. The van der Waals surface area contributed by atoms with Crippen LogP contribution in [0.15, 0.2) is 237 Å². The van der Waals surface area contributed by atoms with E-state index in [9.17, 15) is 0 Å². The van der Waals surface area contributed by atoms with Crippen LogP contribution in [0.3, 0.4) is 0 Å². The number of hydrogen-bond acceptors (Lipinski definition) is 1. The van der Waals surface area contributed by atoms with Gasteiger partial charge in [-0.3, -0.25) is 0 Å². The first-order chi connectivity index (χ1) is 32.8. The lowest BCUT2D eigenvalue weighted by Gasteiger charge is -2.19. The molecule has 2 heteroatoms. The van der Waals surface area contributed by atoms with Crippen molar-refractivity contribution in [1.29, 1.82) is 0 Å². The van der Waals surface area contributed by atoms with Gasteiger partial charge in [-0.2, -0.15) is 0 Å². The number of benzene rings is 12. The quantitative estimate of drug-likeness (QED) is 0.152. The fourth-order valence-corrected chi connectivity index (χ4v) is 12.4. The standard InChI is InChI=1S/C64H39NS/c1-3-18-40(19-4-1)60-46-23-7-9-25-48(46)61(49-26-10-8-24-47(49)60)41-35-37-58-55(38-41)64-54(31-17-33-59(64)66-58)63-52-29-13-11-27-50(52)62(51-28-12-14-30-53(51)63)42-34-36-45-44-22-15-16-32-56(44)65(57(45)39-42)43-20-5-2-6-21-43/h1-39H. The second-order valence-corrected chi connectivity index (χ2v) is 18.5. The Morgan fingerprint density at radius 1 is 0.258 bits per heavy atom. The molecule has 0 amide bonds. The number of aromatic nitrogens is 1. The van der Waals surface area contributed by atoms with E-state index < -0.39 is 0 Å². The molecule has 12 aromatic carbocycles. The summed E-state index contributed by atoms with van der Waals surface area (Å²) in [6.07, 6.45) is 0. The Bertz CT molecular complexity index is 4160. The predicted octanol–water partition coefficient (Wildman–Crippen LogP) is 18.4. The maximum Gasteiger partial charge on any atom is 0.0547 e. The number of rotatable bonds is 5. The number of fused-ring (bicyclic) bond motifs is 10. The first-order valence-electron chi connectivity index (χ1n) is 22.8. The van der Waals surface area contributed by atoms with Crippen LogP contribution in [0, 0.1) is 0 Å². The summed E-state index contributed by atoms with van der Waals surface area (Å²) in [6.45, 7) is 0. The van der Waals surface area contributed by atoms with Gasteiger partial charge in [0.15, 0.2) is 0 Å². The summed E-state index contributed by atoms with van der Waals surface area (Å²) in [5.41, 5.74) is 13.6. The second-order valence-electron chi connectivity index (χ2n) is 17.5. The van der Waals surface area contributed by atoms with Gasteiger partial charge < -0.3 is 4.57 Å². The van der Waals surface area contributed by atoms with Gasteiger partial charge in [-0.25, -0.2) is 0 Å². The molecule has 0 unspecified atom stereocenters. The van der Waals surface area contributed by atoms with E-state index in [4.69, 9.17) is 0 Å². The molecule has 0 saturated heterocycles. The van der Waals surface area contributed by atoms with Gasteiger partial charge in [0.1, 0.15) is 0 Å². The highest BCUT2D eigenvalue weighted by atomic mass is 32.1. The van der Waals surface area contributed by atoms with Crippen molar-refractivity contribution >= 4 is 96.4 Å². The highest BCUT2D eigenvalue weighted by Crippen LogP contribution is 2.50. The molecule has 2 heterocycles. The Labute approximate surface area is 385 Å². The van der Waals surface area contributed by atoms with Gasteiger partial charge in [0, 0.05) is 36.6 Å². The summed E-state index contributed by atoms with van der Waals surface area (Å²) >= 11 is 1.89. The Balaban J connectivity index is 1.03. The van der Waals surface area contributed by atoms with Crippen LogP contribution in [0.1, 0.15) is 0 Å². The van der Waals surface area contributed by atoms with Crippen molar-refractivity contribution < 1.29 is 0 Å². The first-order valence-corrected chi connectivity index (χ1v) is 23.6. The molecule has 0 aliphatic rings. The normalized spacial score (nSPS) is 11.9. The monoisotopic (exact) mass is 853 g/mol. The van der Waals surface area contributed by atoms with Crippen LogP contribution in [0.2, 0.25) is 0 Å². The third-order valence-electron chi connectivity index (χ3n) is 14.0. The largest absolute Gasteiger partial charge is 0.309 e. The average molecular weight is 854 g/mol. The molecule has 0 bridgehead atoms. The van der Waals surface area contributed by atoms with Crippen molar-refractivity contribution in [2.24, 2.45) is 0 Å². The van der Waals surface area contributed by atoms with Crippen molar-refractivity contribution in [2.45, 2.75) is 0 Å². The number of para-hydroxylation sites is 2. The van der Waals surface area contributed by atoms with Gasteiger partial charge in [-0.1, -0.05) is 194 Å². The molecule has 14 aromatic rings. The fourth-order valence-electron chi connectivity index (χ4n) is 11.3. The van der Waals surface area contributed by atoms with Crippen molar-refractivity contribution in [1.82, 2.24) is 4.57 Å². The van der Waals surface area contributed by atoms with Gasteiger partial charge in [-0.05, 0) is 130 Å². The van der Waals surface area contributed by atoms with Crippen molar-refractivity contribution in [3.8, 4) is 50.2 Å². The zero-order valence-electron chi connectivity index (χ0n) is 35.9. The molecule has 2 aromatic heterocycles. The van der Waals surface area contributed by atoms with E-state index in [1.54, 1.807) is 0 Å². The lowest BCUT2D eigenvalue weighted by Crippen LogP contribution is -1.94. The minimum absolute atomic E-state index is 1.16. The highest BCUT2D eigenvalue weighted by molar-refractivity contribution is 7.26. The first kappa shape index (κ1) is 37.1. The topological polar surface area (TPSA) is 4.93 Å². The number of thiophene rings is 1. The van der Waals surface area contributed by atoms with Gasteiger partial charge in [0.2, 0.25) is 0 Å². The molecule has 0 N–H and O–H groups in total. The van der Waals surface area contributed by atoms with E-state index in [-0.39, 0.29) is 0 Å². The fraction of sp³-hybridized carbons (Fsp3) is 0. The molecule has 66 heavy (non-hydrogen) atoms. The van der Waals surface area contributed by atoms with E-state index in [2.05, 4.69) is 241 Å². The Hall–Kier alpha value is -8.30. The molecule has 306 valence electrons. The van der Waals surface area contributed by atoms with Gasteiger partial charge in [-0.15, -0.1) is 11.3 Å². The van der Waals surface area contributed by atoms with E-state index in [1.807, 2.05) is 11.3 Å². The van der Waals surface area contributed by atoms with Crippen LogP contribution in [0.5, 0.6) is 0 Å². The zero-order chi connectivity index (χ0) is 43.3. The molecule has 1 nitrogen and oxygen atoms in total. The number of hydrogen-bond donors (Lipinski definition) is 0. The summed E-state index contributed by atoms with van der Waals surface area (Å²) in [6, 6.07) is 87.7. The van der Waals surface area contributed by atoms with Crippen LogP contribution in [-0.4, -0.2) is 4.57 Å². The predicted molar refractivity (Wildman–Crippen MR) is 285 cm³/mol. The summed E-state index contributed by atoms with van der Waals surface area (Å²) in [7, 11) is 0. The summed E-state index contributed by atoms with van der Waals surface area (Å²) in [4.78, 5) is 0. The third kappa shape index (κ3) is 5.46. The van der Waals surface area contributed by atoms with Crippen molar-refractivity contribution in [3.63, 3.8) is 0 Å². The van der Waals surface area contributed by atoms with Gasteiger partial charge in [0.25, 0.3) is 0 Å². The lowest BCUT2D eigenvalue weighted by atomic mass is 9.84. The molecule has 0 atom stereocenters. The molecule has 0 spiro atoms. The van der Waals surface area contributed by atoms with Gasteiger partial charge >= 0.3 is 0 Å². The van der Waals surface area contributed by atoms with E-state index in [0.29, 0.717) is 0 Å². The molecule has 0 saturated carbocycles. The third-order valence-corrected chi connectivity index (χ3v) is 15.1. The van der Waals surface area contributed by atoms with Crippen LogP contribution in [0.4, 0.5) is 0 Å². The van der Waals surface area contributed by atoms with E-state index >= 15 is 0 Å². The van der Waals surface area contributed by atoms with Crippen molar-refractivity contribution in [3.05, 3.63) is 237 Å². The van der Waals surface area contributed by atoms with E-state index in [0.717, 1.165) is 5.69 Å². The zero-order valence-corrected chi connectivity index (χ0v) is 36.7. The SMILES string of the molecule is c1ccc(-c2c3ccccc3c(-c3ccc4sc5cccc(-c6c7ccccc7c(-c7ccc8c9ccccc9n(-c9ccccc9)c8c7)c7ccccc67)c5c4c3)c3ccccc23)cc1. The highest BCUT2D eigenvalue weighted by Gasteiger charge is 2.22. The van der Waals surface area contributed by atoms with Crippen LogP contribution >= 0.6 is 11.3 Å². The average Bonchev–Trinajstić information content (AvgIpc) is 3.93. The number of nitrogens with zero attached hydrogens (tertiary/aromatic N) is 1. The summed E-state index contributed by atoms with van der Waals surface area (Å²) < 4.78 is 5.01. The maximum absolute atomic E-state index is 2.48. The smallest absolute Gasteiger partial charge is 0.0547 e.